The van der Waals surface area contributed by atoms with E-state index in [1.54, 1.807) is 0 Å². The molecule has 1 fully saturated rings. The van der Waals surface area contributed by atoms with Crippen LogP contribution in [0.1, 0.15) is 31.2 Å². The predicted molar refractivity (Wildman–Crippen MR) is 84.8 cm³/mol. The lowest BCUT2D eigenvalue weighted by atomic mass is 10.0. The Bertz CT molecular complexity index is 559. The van der Waals surface area contributed by atoms with E-state index >= 15 is 0 Å². The second-order valence-electron chi connectivity index (χ2n) is 5.70. The first kappa shape index (κ1) is 17.0. The summed E-state index contributed by atoms with van der Waals surface area (Å²) in [4.78, 5) is 36.6. The van der Waals surface area contributed by atoms with Crippen LogP contribution in [0.4, 0.5) is 0 Å². The molecule has 1 saturated heterocycles. The van der Waals surface area contributed by atoms with Crippen LogP contribution in [0, 0.1) is 0 Å². The lowest BCUT2D eigenvalue weighted by Crippen LogP contribution is -2.48. The summed E-state index contributed by atoms with van der Waals surface area (Å²) in [7, 11) is 0. The lowest BCUT2D eigenvalue weighted by Gasteiger charge is -2.33. The van der Waals surface area contributed by atoms with Gasteiger partial charge in [-0.05, 0) is 24.8 Å². The molecule has 0 spiro atoms. The summed E-state index contributed by atoms with van der Waals surface area (Å²) in [6.07, 6.45) is 2.56. The topological polar surface area (TPSA) is 86.7 Å². The van der Waals surface area contributed by atoms with Gasteiger partial charge in [-0.25, -0.2) is 4.79 Å². The first-order valence-corrected chi connectivity index (χ1v) is 7.91. The summed E-state index contributed by atoms with van der Waals surface area (Å²) in [6.45, 7) is 0.709. The van der Waals surface area contributed by atoms with Crippen molar-refractivity contribution >= 4 is 17.8 Å². The first-order valence-electron chi connectivity index (χ1n) is 7.91. The highest BCUT2D eigenvalue weighted by Gasteiger charge is 2.31. The van der Waals surface area contributed by atoms with Gasteiger partial charge >= 0.3 is 5.97 Å². The summed E-state index contributed by atoms with van der Waals surface area (Å²) >= 11 is 0. The molecular formula is C17H22N2O4. The molecule has 0 aromatic heterocycles. The maximum Gasteiger partial charge on any atom is 0.326 e. The summed E-state index contributed by atoms with van der Waals surface area (Å²) in [6, 6.07) is 8.64. The quantitative estimate of drug-likeness (QED) is 0.825. The molecule has 6 heteroatoms. The Labute approximate surface area is 135 Å². The molecule has 6 nitrogen and oxygen atoms in total. The standard InChI is InChI=1S/C17H22N2O4/c20-15(12-13-6-2-1-3-7-13)18-10-9-16(21)19-11-5-4-8-14(19)17(22)23/h1-3,6-7,14H,4-5,8-12H2,(H,18,20)(H,22,23). The zero-order valence-corrected chi connectivity index (χ0v) is 13.0. The molecule has 124 valence electrons. The van der Waals surface area contributed by atoms with Gasteiger partial charge in [0.25, 0.3) is 0 Å². The zero-order valence-electron chi connectivity index (χ0n) is 13.0. The van der Waals surface area contributed by atoms with Crippen LogP contribution in [0.25, 0.3) is 0 Å². The average Bonchev–Trinajstić information content (AvgIpc) is 2.55. The number of hydrogen-bond donors (Lipinski definition) is 2. The van der Waals surface area contributed by atoms with Crippen LogP contribution < -0.4 is 5.32 Å². The smallest absolute Gasteiger partial charge is 0.326 e. The van der Waals surface area contributed by atoms with Crippen LogP contribution >= 0.6 is 0 Å². The number of benzene rings is 1. The number of amides is 2. The van der Waals surface area contributed by atoms with E-state index in [1.807, 2.05) is 30.3 Å². The fourth-order valence-electron chi connectivity index (χ4n) is 2.78. The number of hydrogen-bond acceptors (Lipinski definition) is 3. The van der Waals surface area contributed by atoms with Gasteiger partial charge in [0.1, 0.15) is 6.04 Å². The van der Waals surface area contributed by atoms with Crippen LogP contribution in [0.15, 0.2) is 30.3 Å². The second-order valence-corrected chi connectivity index (χ2v) is 5.70. The Morgan fingerprint density at radius 2 is 1.91 bits per heavy atom. The molecule has 1 aromatic carbocycles. The van der Waals surface area contributed by atoms with Gasteiger partial charge in [-0.15, -0.1) is 0 Å². The highest BCUT2D eigenvalue weighted by Crippen LogP contribution is 2.18. The monoisotopic (exact) mass is 318 g/mol. The molecular weight excluding hydrogens is 296 g/mol. The maximum atomic E-state index is 12.2. The van der Waals surface area contributed by atoms with Gasteiger partial charge < -0.3 is 15.3 Å². The highest BCUT2D eigenvalue weighted by atomic mass is 16.4. The number of carboxylic acids is 1. The molecule has 1 heterocycles. The fourth-order valence-corrected chi connectivity index (χ4v) is 2.78. The largest absolute Gasteiger partial charge is 0.480 e. The molecule has 0 bridgehead atoms. The van der Waals surface area contributed by atoms with Gasteiger partial charge in [0.15, 0.2) is 0 Å². The molecule has 2 N–H and O–H groups in total. The van der Waals surface area contributed by atoms with Gasteiger partial charge in [-0.2, -0.15) is 0 Å². The number of piperidine rings is 1. The van der Waals surface area contributed by atoms with Crippen molar-refractivity contribution in [3.8, 4) is 0 Å². The van der Waals surface area contributed by atoms with Crippen molar-refractivity contribution in [3.63, 3.8) is 0 Å². The van der Waals surface area contributed by atoms with E-state index in [-0.39, 0.29) is 31.2 Å². The normalized spacial score (nSPS) is 17.6. The molecule has 23 heavy (non-hydrogen) atoms. The van der Waals surface area contributed by atoms with E-state index in [1.165, 1.54) is 4.90 Å². The van der Waals surface area contributed by atoms with Crippen LogP contribution in [0.2, 0.25) is 0 Å². The van der Waals surface area contributed by atoms with E-state index in [0.717, 1.165) is 18.4 Å². The Morgan fingerprint density at radius 1 is 1.17 bits per heavy atom. The number of carbonyl (C=O) groups excluding carboxylic acids is 2. The summed E-state index contributed by atoms with van der Waals surface area (Å²) in [5.74, 6) is -1.30. The number of likely N-dealkylation sites (tertiary alicyclic amines) is 1. The minimum atomic E-state index is -0.953. The third kappa shape index (κ3) is 5.09. The van der Waals surface area contributed by atoms with E-state index in [9.17, 15) is 19.5 Å². The lowest BCUT2D eigenvalue weighted by molar-refractivity contribution is -0.152. The molecule has 1 unspecified atom stereocenters. The average molecular weight is 318 g/mol. The fraction of sp³-hybridized carbons (Fsp3) is 0.471. The molecule has 2 amide bonds. The molecule has 0 aliphatic carbocycles. The summed E-state index contributed by atoms with van der Waals surface area (Å²) in [5, 5.41) is 11.9. The molecule has 1 atom stereocenters. The van der Waals surface area contributed by atoms with Gasteiger partial charge in [0.2, 0.25) is 11.8 Å². The van der Waals surface area contributed by atoms with Crippen LogP contribution in [0.5, 0.6) is 0 Å². The maximum absolute atomic E-state index is 12.2. The molecule has 2 rings (SSSR count). The van der Waals surface area contributed by atoms with Crippen molar-refractivity contribution < 1.29 is 19.5 Å². The predicted octanol–water partition coefficient (Wildman–Crippen LogP) is 1.20. The Kier molecular flexibility index (Phi) is 6.14. The van der Waals surface area contributed by atoms with Gasteiger partial charge in [0.05, 0.1) is 6.42 Å². The van der Waals surface area contributed by atoms with Crippen molar-refractivity contribution in [2.24, 2.45) is 0 Å². The molecule has 0 radical (unpaired) electrons. The van der Waals surface area contributed by atoms with Crippen molar-refractivity contribution in [1.82, 2.24) is 10.2 Å². The molecule has 1 aliphatic heterocycles. The third-order valence-corrected chi connectivity index (χ3v) is 3.98. The highest BCUT2D eigenvalue weighted by molar-refractivity contribution is 5.84. The van der Waals surface area contributed by atoms with Crippen molar-refractivity contribution in [1.29, 1.82) is 0 Å². The van der Waals surface area contributed by atoms with Crippen LogP contribution in [0.3, 0.4) is 0 Å². The number of aliphatic carboxylic acids is 1. The first-order chi connectivity index (χ1) is 11.1. The second kappa shape index (κ2) is 8.31. The van der Waals surface area contributed by atoms with Crippen LogP contribution in [-0.4, -0.2) is 46.9 Å². The van der Waals surface area contributed by atoms with Crippen LogP contribution in [-0.2, 0) is 20.8 Å². The van der Waals surface area contributed by atoms with Crippen molar-refractivity contribution in [3.05, 3.63) is 35.9 Å². The van der Waals surface area contributed by atoms with E-state index in [0.29, 0.717) is 13.0 Å². The number of carbonyl (C=O) groups is 3. The van der Waals surface area contributed by atoms with E-state index in [2.05, 4.69) is 5.32 Å². The van der Waals surface area contributed by atoms with Gasteiger partial charge in [0, 0.05) is 19.5 Å². The zero-order chi connectivity index (χ0) is 16.7. The number of rotatable bonds is 6. The molecule has 1 aliphatic rings. The Balaban J connectivity index is 1.75. The van der Waals surface area contributed by atoms with Crippen molar-refractivity contribution in [2.75, 3.05) is 13.1 Å². The summed E-state index contributed by atoms with van der Waals surface area (Å²) < 4.78 is 0. The summed E-state index contributed by atoms with van der Waals surface area (Å²) in [5.41, 5.74) is 0.915. The molecule has 0 saturated carbocycles. The Hall–Kier alpha value is -2.37. The third-order valence-electron chi connectivity index (χ3n) is 3.98. The SMILES string of the molecule is O=C(Cc1ccccc1)NCCC(=O)N1CCCCC1C(=O)O. The number of nitrogens with zero attached hydrogens (tertiary/aromatic N) is 1. The molecule has 1 aromatic rings. The van der Waals surface area contributed by atoms with Crippen molar-refractivity contribution in [2.45, 2.75) is 38.1 Å². The van der Waals surface area contributed by atoms with E-state index in [4.69, 9.17) is 0 Å². The Morgan fingerprint density at radius 3 is 2.61 bits per heavy atom. The van der Waals surface area contributed by atoms with Gasteiger partial charge in [-0.3, -0.25) is 9.59 Å². The number of carboxylic acid groups (broad SMARTS) is 1. The van der Waals surface area contributed by atoms with E-state index < -0.39 is 12.0 Å². The minimum absolute atomic E-state index is 0.129. The number of nitrogens with one attached hydrogen (secondary N) is 1. The van der Waals surface area contributed by atoms with Gasteiger partial charge in [-0.1, -0.05) is 30.3 Å². The minimum Gasteiger partial charge on any atom is -0.480 e.